The van der Waals surface area contributed by atoms with E-state index in [4.69, 9.17) is 28.1 Å². The van der Waals surface area contributed by atoms with Crippen LogP contribution < -0.4 is 20.7 Å². The number of aromatic nitrogens is 2. The summed E-state index contributed by atoms with van der Waals surface area (Å²) in [6, 6.07) is 3.16. The molecule has 2 aromatic rings. The monoisotopic (exact) mass is 626 g/mol. The van der Waals surface area contributed by atoms with Gasteiger partial charge in [0.2, 0.25) is 0 Å². The Morgan fingerprint density at radius 2 is 2.05 bits per heavy atom. The highest BCUT2D eigenvalue weighted by molar-refractivity contribution is 8.00. The average molecular weight is 627 g/mol. The van der Waals surface area contributed by atoms with Crippen molar-refractivity contribution in [2.75, 3.05) is 18.6 Å². The molecule has 0 radical (unpaired) electrons. The molecular formula is C23H26N6O9S3. The Morgan fingerprint density at radius 1 is 1.34 bits per heavy atom. The molecule has 2 atom stereocenters. The first-order chi connectivity index (χ1) is 19.4. The van der Waals surface area contributed by atoms with E-state index in [1.807, 2.05) is 12.3 Å². The Hall–Kier alpha value is -3.58. The van der Waals surface area contributed by atoms with Crippen molar-refractivity contribution in [3.05, 3.63) is 51.9 Å². The molecule has 3 aliphatic rings. The largest absolute Gasteiger partial charge is 0.543 e. The van der Waals surface area contributed by atoms with Crippen LogP contribution in [0.1, 0.15) is 29.8 Å². The topological polar surface area (TPSA) is 229 Å². The number of nitrogens with one attached hydrogen (secondary N) is 1. The van der Waals surface area contributed by atoms with Gasteiger partial charge >= 0.3 is 10.4 Å². The zero-order valence-corrected chi connectivity index (χ0v) is 24.0. The number of aliphatic carboxylic acids is 1. The second-order valence-corrected chi connectivity index (χ2v) is 11.9. The smallest absolute Gasteiger partial charge is 0.394 e. The van der Waals surface area contributed by atoms with E-state index in [1.54, 1.807) is 5.38 Å². The van der Waals surface area contributed by atoms with Gasteiger partial charge in [0.1, 0.15) is 24.2 Å². The van der Waals surface area contributed by atoms with Crippen molar-refractivity contribution >= 4 is 62.1 Å². The number of β-lactam (4-membered cyclic amide) rings is 1. The molecule has 0 spiro atoms. The van der Waals surface area contributed by atoms with Gasteiger partial charge in [-0.1, -0.05) is 5.16 Å². The van der Waals surface area contributed by atoms with Crippen LogP contribution in [0.4, 0.5) is 5.13 Å². The number of thiazole rings is 1. The van der Waals surface area contributed by atoms with Gasteiger partial charge in [0, 0.05) is 34.8 Å². The van der Waals surface area contributed by atoms with Gasteiger partial charge in [-0.25, -0.2) is 4.98 Å². The molecule has 0 aromatic carbocycles. The molecular weight excluding hydrogens is 600 g/mol. The quantitative estimate of drug-likeness (QED) is 0.0924. The number of fused-ring (bicyclic) bond motifs is 2. The summed E-state index contributed by atoms with van der Waals surface area (Å²) < 4.78 is 33.7. The average Bonchev–Trinajstić information content (AvgIpc) is 3.34. The number of oxime groups is 1. The molecule has 18 heteroatoms. The number of carboxylic acids is 1. The summed E-state index contributed by atoms with van der Waals surface area (Å²) in [4.78, 5) is 48.2. The minimum atomic E-state index is -4.67. The van der Waals surface area contributed by atoms with Crippen LogP contribution in [0.15, 0.2) is 40.1 Å². The third kappa shape index (κ3) is 7.02. The molecule has 41 heavy (non-hydrogen) atoms. The zero-order chi connectivity index (χ0) is 29.9. The summed E-state index contributed by atoms with van der Waals surface area (Å²) in [5.41, 5.74) is 8.72. The minimum Gasteiger partial charge on any atom is -0.543 e. The van der Waals surface area contributed by atoms with Crippen LogP contribution in [0.2, 0.25) is 0 Å². The molecule has 15 nitrogen and oxygen atoms in total. The number of hydrogen-bond acceptors (Lipinski definition) is 12. The van der Waals surface area contributed by atoms with E-state index in [0.29, 0.717) is 17.9 Å². The van der Waals surface area contributed by atoms with E-state index in [2.05, 4.69) is 26.1 Å². The van der Waals surface area contributed by atoms with Crippen LogP contribution in [0, 0.1) is 0 Å². The van der Waals surface area contributed by atoms with Gasteiger partial charge < -0.3 is 25.8 Å². The second kappa shape index (κ2) is 12.5. The summed E-state index contributed by atoms with van der Waals surface area (Å²) in [6.07, 6.45) is 6.13. The fourth-order valence-corrected chi connectivity index (χ4v) is 6.71. The highest BCUT2D eigenvalue weighted by Crippen LogP contribution is 2.40. The number of carboxylic acid groups (broad SMARTS) is 1. The van der Waals surface area contributed by atoms with Crippen LogP contribution in [-0.2, 0) is 49.0 Å². The number of nitrogens with zero attached hydrogens (tertiary/aromatic N) is 4. The van der Waals surface area contributed by atoms with Crippen LogP contribution >= 0.6 is 23.1 Å². The number of carbonyl (C=O) groups is 3. The number of hydrogen-bond donors (Lipinski definition) is 4. The van der Waals surface area contributed by atoms with Crippen molar-refractivity contribution in [3.63, 3.8) is 0 Å². The van der Waals surface area contributed by atoms with Crippen LogP contribution in [0.25, 0.3) is 0 Å². The van der Waals surface area contributed by atoms with E-state index in [9.17, 15) is 19.5 Å². The Bertz CT molecular complexity index is 1530. The molecule has 4 heterocycles. The zero-order valence-electron chi connectivity index (χ0n) is 21.5. The fourth-order valence-electron chi connectivity index (χ4n) is 4.82. The third-order valence-corrected chi connectivity index (χ3v) is 8.45. The maximum atomic E-state index is 13.1. The van der Waals surface area contributed by atoms with Gasteiger partial charge in [-0.3, -0.25) is 23.6 Å². The highest BCUT2D eigenvalue weighted by Gasteiger charge is 2.53. The van der Waals surface area contributed by atoms with Gasteiger partial charge in [0.25, 0.3) is 11.8 Å². The molecule has 5 N–H and O–H groups in total. The van der Waals surface area contributed by atoms with Crippen molar-refractivity contribution in [1.82, 2.24) is 15.2 Å². The number of pyridine rings is 1. The number of carbonyl (C=O) groups excluding carboxylic acids is 3. The van der Waals surface area contributed by atoms with E-state index < -0.39 is 39.6 Å². The maximum absolute atomic E-state index is 13.1. The van der Waals surface area contributed by atoms with Crippen LogP contribution in [0.5, 0.6) is 0 Å². The molecule has 0 saturated carbocycles. The molecule has 2 aromatic heterocycles. The lowest BCUT2D eigenvalue weighted by molar-refractivity contribution is -0.697. The third-order valence-electron chi connectivity index (χ3n) is 6.44. The second-order valence-electron chi connectivity index (χ2n) is 9.06. The molecule has 1 saturated heterocycles. The molecule has 2 aliphatic heterocycles. The lowest BCUT2D eigenvalue weighted by Gasteiger charge is -2.50. The Kier molecular flexibility index (Phi) is 9.27. The van der Waals surface area contributed by atoms with Gasteiger partial charge in [0.15, 0.2) is 29.3 Å². The highest BCUT2D eigenvalue weighted by atomic mass is 32.3. The van der Waals surface area contributed by atoms with Gasteiger partial charge in [-0.2, -0.15) is 13.0 Å². The fraction of sp³-hybridized carbons (Fsp3) is 0.391. The summed E-state index contributed by atoms with van der Waals surface area (Å²) in [5.74, 6) is -2.20. The molecule has 0 bridgehead atoms. The summed E-state index contributed by atoms with van der Waals surface area (Å²) in [5, 5.41) is 19.8. The SMILES string of the molecule is CO/N=C(/C(=O)N[C@@H]1C(=O)N2C(C(=O)[O-])=C(C[n+]3cccc4c3CCCC4)CSC12)c1csc(N)n1.O=S(=O)(O)O. The first kappa shape index (κ1) is 30.4. The van der Waals surface area contributed by atoms with E-state index in [0.717, 1.165) is 37.0 Å². The van der Waals surface area contributed by atoms with Crippen molar-refractivity contribution in [2.24, 2.45) is 5.16 Å². The number of nitrogens with two attached hydrogens (primary N) is 1. The molecule has 5 rings (SSSR count). The van der Waals surface area contributed by atoms with E-state index in [-0.39, 0.29) is 22.2 Å². The van der Waals surface area contributed by atoms with Gasteiger partial charge in [0.05, 0.1) is 11.7 Å². The van der Waals surface area contributed by atoms with Crippen molar-refractivity contribution < 1.29 is 46.4 Å². The normalized spacial score (nSPS) is 20.2. The minimum absolute atomic E-state index is 0.117. The number of thioether (sulfide) groups is 1. The first-order valence-electron chi connectivity index (χ1n) is 12.1. The summed E-state index contributed by atoms with van der Waals surface area (Å²) >= 11 is 2.54. The van der Waals surface area contributed by atoms with Crippen molar-refractivity contribution in [2.45, 2.75) is 43.6 Å². The number of aryl methyl sites for hydroxylation is 1. The van der Waals surface area contributed by atoms with Crippen LogP contribution in [-0.4, -0.2) is 75.2 Å². The van der Waals surface area contributed by atoms with Gasteiger partial charge in [-0.15, -0.1) is 23.1 Å². The molecule has 1 fully saturated rings. The Balaban J connectivity index is 0.000000714. The number of anilines is 1. The molecule has 1 unspecified atom stereocenters. The first-order valence-corrected chi connectivity index (χ1v) is 15.4. The van der Waals surface area contributed by atoms with E-state index in [1.165, 1.54) is 35.0 Å². The number of amides is 2. The maximum Gasteiger partial charge on any atom is 0.394 e. The van der Waals surface area contributed by atoms with Gasteiger partial charge in [-0.05, 0) is 25.3 Å². The van der Waals surface area contributed by atoms with Crippen LogP contribution in [0.3, 0.4) is 0 Å². The lowest BCUT2D eigenvalue weighted by atomic mass is 9.95. The number of rotatable bonds is 7. The summed E-state index contributed by atoms with van der Waals surface area (Å²) in [6.45, 7) is 0.364. The Labute approximate surface area is 242 Å². The van der Waals surface area contributed by atoms with E-state index >= 15 is 0 Å². The number of nitrogen functional groups attached to an aromatic ring is 1. The predicted octanol–water partition coefficient (Wildman–Crippen LogP) is -1.31. The molecule has 2 amide bonds. The van der Waals surface area contributed by atoms with Crippen molar-refractivity contribution in [3.8, 4) is 0 Å². The van der Waals surface area contributed by atoms with Crippen molar-refractivity contribution in [1.29, 1.82) is 0 Å². The molecule has 220 valence electrons. The standard InChI is InChI=1S/C23H24N6O5S2.H2O4S/c1-34-27-16(14-11-36-23(24)25-14)19(30)26-17-20(31)29-18(22(32)33)13(10-35-21(17)29)9-28-8-4-6-12-5-2-3-7-15(12)28;1-5(2,3)4/h4,6,8,11,17,21H,2-3,5,7,9-10H2,1H3,(H3-,24,25,26,30,32,33);(H2,1,2,3,4)/b27-16+;/t17-,21?;/m1./s1. The summed E-state index contributed by atoms with van der Waals surface area (Å²) in [7, 11) is -3.38. The lowest BCUT2D eigenvalue weighted by Crippen LogP contribution is -2.71. The Morgan fingerprint density at radius 3 is 2.68 bits per heavy atom. The molecule has 1 aliphatic carbocycles. The predicted molar refractivity (Wildman–Crippen MR) is 145 cm³/mol.